The monoisotopic (exact) mass is 508 g/mol. The number of amides is 1. The van der Waals surface area contributed by atoms with Crippen LogP contribution >= 0.6 is 0 Å². The van der Waals surface area contributed by atoms with Gasteiger partial charge in [0, 0.05) is 11.1 Å². The van der Waals surface area contributed by atoms with Crippen molar-refractivity contribution in [2.45, 2.75) is 37.8 Å². The minimum atomic E-state index is -4.74. The molecule has 1 heterocycles. The Bertz CT molecular complexity index is 1350. The first-order chi connectivity index (χ1) is 17.8. The van der Waals surface area contributed by atoms with Crippen molar-refractivity contribution in [1.82, 2.24) is 20.1 Å². The molecule has 7 nitrogen and oxygen atoms in total. The zero-order valence-corrected chi connectivity index (χ0v) is 19.6. The summed E-state index contributed by atoms with van der Waals surface area (Å²) in [5, 5.41) is 7.44. The molecule has 1 aromatic heterocycles. The van der Waals surface area contributed by atoms with E-state index in [4.69, 9.17) is 4.74 Å². The molecular weight excluding hydrogens is 485 g/mol. The maximum Gasteiger partial charge on any atom is 0.573 e. The largest absolute Gasteiger partial charge is 0.573 e. The van der Waals surface area contributed by atoms with Crippen LogP contribution in [0.15, 0.2) is 85.2 Å². The summed E-state index contributed by atoms with van der Waals surface area (Å²) in [6, 6.07) is 22.6. The first kappa shape index (κ1) is 24.4. The molecule has 1 aliphatic rings. The molecule has 4 aromatic rings. The van der Waals surface area contributed by atoms with E-state index >= 15 is 0 Å². The Hall–Kier alpha value is -4.34. The van der Waals surface area contributed by atoms with Crippen LogP contribution in [0.25, 0.3) is 17.1 Å². The quantitative estimate of drug-likeness (QED) is 0.324. The summed E-state index contributed by atoms with van der Waals surface area (Å²) in [6.07, 6.45) is -1.23. The van der Waals surface area contributed by atoms with Crippen molar-refractivity contribution in [3.8, 4) is 22.8 Å². The fraction of sp³-hybridized carbons (Fsp3) is 0.222. The Morgan fingerprint density at radius 2 is 1.65 bits per heavy atom. The van der Waals surface area contributed by atoms with Gasteiger partial charge in [0.25, 0.3) is 0 Å². The normalized spacial score (nSPS) is 14.1. The lowest BCUT2D eigenvalue weighted by Crippen LogP contribution is -2.38. The van der Waals surface area contributed by atoms with Crippen LogP contribution in [0.1, 0.15) is 24.0 Å². The average molecular weight is 509 g/mol. The first-order valence-electron chi connectivity index (χ1n) is 11.6. The second kappa shape index (κ2) is 9.96. The number of rotatable bonds is 8. The Labute approximate surface area is 210 Å². The topological polar surface area (TPSA) is 78.3 Å². The Kier molecular flexibility index (Phi) is 6.56. The van der Waals surface area contributed by atoms with Crippen LogP contribution in [0.4, 0.5) is 18.0 Å². The fourth-order valence-electron chi connectivity index (χ4n) is 3.96. The van der Waals surface area contributed by atoms with Crippen LogP contribution in [0.5, 0.6) is 5.75 Å². The molecule has 3 aromatic carbocycles. The molecule has 0 aliphatic heterocycles. The van der Waals surface area contributed by atoms with Gasteiger partial charge in [-0.25, -0.2) is 14.5 Å². The van der Waals surface area contributed by atoms with Crippen molar-refractivity contribution in [3.05, 3.63) is 96.3 Å². The van der Waals surface area contributed by atoms with E-state index < -0.39 is 12.5 Å². The van der Waals surface area contributed by atoms with Crippen molar-refractivity contribution in [2.75, 3.05) is 0 Å². The van der Waals surface area contributed by atoms with E-state index in [9.17, 15) is 18.0 Å². The summed E-state index contributed by atoms with van der Waals surface area (Å²) in [5.74, 6) is 0.172. The lowest BCUT2D eigenvalue weighted by molar-refractivity contribution is -0.274. The third-order valence-corrected chi connectivity index (χ3v) is 6.01. The number of halogens is 3. The number of alkyl halides is 3. The van der Waals surface area contributed by atoms with Gasteiger partial charge in [-0.1, -0.05) is 54.6 Å². The van der Waals surface area contributed by atoms with Gasteiger partial charge in [0.2, 0.25) is 0 Å². The molecule has 1 amide bonds. The molecule has 1 aliphatic carbocycles. The molecular formula is C27H23F3N4O3. The van der Waals surface area contributed by atoms with Gasteiger partial charge in [0.15, 0.2) is 5.82 Å². The number of hydrogen-bond acceptors (Lipinski definition) is 5. The molecule has 0 unspecified atom stereocenters. The van der Waals surface area contributed by atoms with Crippen LogP contribution in [0, 0.1) is 0 Å². The molecule has 37 heavy (non-hydrogen) atoms. The molecule has 5 rings (SSSR count). The maximum absolute atomic E-state index is 12.4. The molecule has 0 atom stereocenters. The van der Waals surface area contributed by atoms with Gasteiger partial charge < -0.3 is 14.8 Å². The van der Waals surface area contributed by atoms with E-state index in [0.29, 0.717) is 17.9 Å². The van der Waals surface area contributed by atoms with Gasteiger partial charge in [-0.15, -0.1) is 18.3 Å². The van der Waals surface area contributed by atoms with E-state index in [0.717, 1.165) is 29.5 Å². The van der Waals surface area contributed by atoms with Gasteiger partial charge in [-0.2, -0.15) is 0 Å². The van der Waals surface area contributed by atoms with Crippen LogP contribution in [-0.2, 0) is 17.8 Å². The number of benzene rings is 3. The summed E-state index contributed by atoms with van der Waals surface area (Å²) < 4.78 is 47.8. The molecule has 0 spiro atoms. The van der Waals surface area contributed by atoms with Crippen molar-refractivity contribution in [3.63, 3.8) is 0 Å². The fourth-order valence-corrected chi connectivity index (χ4v) is 3.96. The first-order valence-corrected chi connectivity index (χ1v) is 11.6. The maximum atomic E-state index is 12.4. The van der Waals surface area contributed by atoms with Crippen LogP contribution in [0.2, 0.25) is 0 Å². The lowest BCUT2D eigenvalue weighted by atomic mass is 10.0. The smallest absolute Gasteiger partial charge is 0.445 e. The Morgan fingerprint density at radius 1 is 0.946 bits per heavy atom. The average Bonchev–Trinajstić information content (AvgIpc) is 3.43. The molecule has 1 saturated carbocycles. The number of nitrogens with zero attached hydrogens (tertiary/aromatic N) is 3. The van der Waals surface area contributed by atoms with E-state index in [2.05, 4.69) is 20.1 Å². The van der Waals surface area contributed by atoms with E-state index in [-0.39, 0.29) is 17.9 Å². The summed E-state index contributed by atoms with van der Waals surface area (Å²) in [4.78, 5) is 16.6. The van der Waals surface area contributed by atoms with Crippen LogP contribution < -0.4 is 10.1 Å². The van der Waals surface area contributed by atoms with Gasteiger partial charge >= 0.3 is 12.5 Å². The van der Waals surface area contributed by atoms with Crippen molar-refractivity contribution in [1.29, 1.82) is 0 Å². The zero-order valence-electron chi connectivity index (χ0n) is 19.6. The van der Waals surface area contributed by atoms with Crippen LogP contribution in [-0.4, -0.2) is 32.8 Å². The van der Waals surface area contributed by atoms with E-state index in [1.54, 1.807) is 0 Å². The van der Waals surface area contributed by atoms with Crippen LogP contribution in [0.3, 0.4) is 0 Å². The predicted molar refractivity (Wildman–Crippen MR) is 129 cm³/mol. The molecule has 0 bridgehead atoms. The third kappa shape index (κ3) is 6.46. The van der Waals surface area contributed by atoms with Crippen molar-refractivity contribution in [2.24, 2.45) is 0 Å². The second-order valence-electron chi connectivity index (χ2n) is 8.90. The number of hydrogen-bond donors (Lipinski definition) is 1. The number of alkyl carbamates (subject to hydrolysis) is 1. The lowest BCUT2D eigenvalue weighted by Gasteiger charge is -2.17. The van der Waals surface area contributed by atoms with Crippen molar-refractivity contribution < 1.29 is 27.4 Å². The van der Waals surface area contributed by atoms with Gasteiger partial charge in [0.05, 0.1) is 5.69 Å². The minimum absolute atomic E-state index is 0.225. The molecule has 1 N–H and O–H groups in total. The van der Waals surface area contributed by atoms with Gasteiger partial charge in [-0.3, -0.25) is 0 Å². The summed E-state index contributed by atoms with van der Waals surface area (Å²) >= 11 is 0. The number of ether oxygens (including phenoxy) is 2. The SMILES string of the molecule is O=C(NC1(Cc2ccc(-c3ncn(-c4ccc(OC(F)(F)F)cc4)n3)cc2)CC1)OCc1ccccc1. The summed E-state index contributed by atoms with van der Waals surface area (Å²) in [7, 11) is 0. The zero-order chi connectivity index (χ0) is 25.9. The van der Waals surface area contributed by atoms with Crippen molar-refractivity contribution >= 4 is 6.09 Å². The third-order valence-electron chi connectivity index (χ3n) is 6.01. The summed E-state index contributed by atoms with van der Waals surface area (Å²) in [5.41, 5.74) is 3.04. The highest BCUT2D eigenvalue weighted by molar-refractivity contribution is 5.69. The Morgan fingerprint density at radius 3 is 2.30 bits per heavy atom. The second-order valence-corrected chi connectivity index (χ2v) is 8.90. The molecule has 190 valence electrons. The number of nitrogens with one attached hydrogen (secondary N) is 1. The molecule has 10 heteroatoms. The standard InChI is InChI=1S/C27H23F3N4O3/c28-27(29,30)37-23-12-10-22(11-13-23)34-18-31-24(33-34)21-8-6-19(7-9-21)16-26(14-15-26)32-25(35)36-17-20-4-2-1-3-5-20/h1-13,18H,14-17H2,(H,32,35). The number of carbonyl (C=O) groups is 1. The van der Waals surface area contributed by atoms with E-state index in [1.807, 2.05) is 54.6 Å². The van der Waals surface area contributed by atoms with Gasteiger partial charge in [0.1, 0.15) is 18.7 Å². The molecule has 1 fully saturated rings. The van der Waals surface area contributed by atoms with Gasteiger partial charge in [-0.05, 0) is 54.7 Å². The minimum Gasteiger partial charge on any atom is -0.445 e. The highest BCUT2D eigenvalue weighted by Gasteiger charge is 2.44. The summed E-state index contributed by atoms with van der Waals surface area (Å²) in [6.45, 7) is 0.225. The highest BCUT2D eigenvalue weighted by atomic mass is 19.4. The highest BCUT2D eigenvalue weighted by Crippen LogP contribution is 2.39. The number of aromatic nitrogens is 3. The predicted octanol–water partition coefficient (Wildman–Crippen LogP) is 5.83. The number of carbonyl (C=O) groups excluding carboxylic acids is 1. The molecule has 0 radical (unpaired) electrons. The Balaban J connectivity index is 1.17. The molecule has 0 saturated heterocycles. The van der Waals surface area contributed by atoms with E-state index in [1.165, 1.54) is 35.3 Å².